The van der Waals surface area contributed by atoms with Gasteiger partial charge in [0.05, 0.1) is 19.9 Å². The van der Waals surface area contributed by atoms with Crippen LogP contribution >= 0.6 is 0 Å². The van der Waals surface area contributed by atoms with Crippen molar-refractivity contribution in [2.45, 2.75) is 18.4 Å². The van der Waals surface area contributed by atoms with Crippen LogP contribution in [0.15, 0.2) is 29.3 Å². The number of ether oxygens (including phenoxy) is 2. The second-order valence-electron chi connectivity index (χ2n) is 6.61. The van der Waals surface area contributed by atoms with Crippen LogP contribution in [0.5, 0.6) is 11.5 Å². The van der Waals surface area contributed by atoms with Crippen LogP contribution in [0.25, 0.3) is 0 Å². The molecule has 0 amide bonds. The number of rotatable bonds is 6. The van der Waals surface area contributed by atoms with Crippen LogP contribution in [0.1, 0.15) is 11.3 Å². The number of nitrogens with zero attached hydrogens (tertiary/aromatic N) is 4. The molecule has 3 rings (SSSR count). The lowest BCUT2D eigenvalue weighted by atomic mass is 10.1. The lowest BCUT2D eigenvalue weighted by Crippen LogP contribution is -2.48. The van der Waals surface area contributed by atoms with Gasteiger partial charge < -0.3 is 9.47 Å². The third-order valence-electron chi connectivity index (χ3n) is 4.80. The molecule has 0 N–H and O–H groups in total. The van der Waals surface area contributed by atoms with Crippen molar-refractivity contribution in [1.29, 1.82) is 0 Å². The van der Waals surface area contributed by atoms with Gasteiger partial charge in [-0.2, -0.15) is 9.40 Å². The standard InChI is InChI=1S/C18H26N4O4S/c1-14-18(13-20(2)19-14)27(23,24)22-9-7-21(8-10-22)12-15-11-16(25-3)5-6-17(15)26-4/h5-6,11,13H,7-10,12H2,1-4H3. The van der Waals surface area contributed by atoms with E-state index in [0.717, 1.165) is 17.1 Å². The fourth-order valence-corrected chi connectivity index (χ4v) is 4.97. The van der Waals surface area contributed by atoms with E-state index >= 15 is 0 Å². The average Bonchev–Trinajstić information content (AvgIpc) is 3.01. The molecule has 2 heterocycles. The van der Waals surface area contributed by atoms with Gasteiger partial charge in [-0.1, -0.05) is 0 Å². The van der Waals surface area contributed by atoms with Gasteiger partial charge in [0.1, 0.15) is 16.4 Å². The molecule has 1 fully saturated rings. The van der Waals surface area contributed by atoms with Crippen molar-refractivity contribution in [2.24, 2.45) is 7.05 Å². The number of hydrogen-bond acceptors (Lipinski definition) is 6. The number of hydrogen-bond donors (Lipinski definition) is 0. The summed E-state index contributed by atoms with van der Waals surface area (Å²) >= 11 is 0. The second-order valence-corrected chi connectivity index (χ2v) is 8.52. The molecule has 0 saturated carbocycles. The summed E-state index contributed by atoms with van der Waals surface area (Å²) < 4.78 is 39.6. The molecule has 1 saturated heterocycles. The third-order valence-corrected chi connectivity index (χ3v) is 6.80. The third kappa shape index (κ3) is 4.10. The summed E-state index contributed by atoms with van der Waals surface area (Å²) in [6.45, 7) is 4.60. The maximum absolute atomic E-state index is 12.9. The molecule has 0 atom stereocenters. The minimum absolute atomic E-state index is 0.285. The summed E-state index contributed by atoms with van der Waals surface area (Å²) in [5.41, 5.74) is 1.55. The Kier molecular flexibility index (Phi) is 5.73. The Balaban J connectivity index is 1.68. The Hall–Kier alpha value is -2.10. The summed E-state index contributed by atoms with van der Waals surface area (Å²) in [7, 11) is 1.49. The van der Waals surface area contributed by atoms with E-state index in [1.165, 1.54) is 8.99 Å². The fraction of sp³-hybridized carbons (Fsp3) is 0.500. The van der Waals surface area contributed by atoms with E-state index < -0.39 is 10.0 Å². The van der Waals surface area contributed by atoms with Crippen molar-refractivity contribution >= 4 is 10.0 Å². The molecule has 0 spiro atoms. The molecule has 0 bridgehead atoms. The van der Waals surface area contributed by atoms with Crippen LogP contribution in [-0.2, 0) is 23.6 Å². The monoisotopic (exact) mass is 394 g/mol. The Labute approximate surface area is 160 Å². The fourth-order valence-electron chi connectivity index (χ4n) is 3.34. The molecule has 1 aliphatic heterocycles. The zero-order chi connectivity index (χ0) is 19.6. The lowest BCUT2D eigenvalue weighted by Gasteiger charge is -2.34. The molecule has 148 valence electrons. The first-order valence-corrected chi connectivity index (χ1v) is 10.2. The normalized spacial score (nSPS) is 16.4. The van der Waals surface area contributed by atoms with Gasteiger partial charge in [-0.05, 0) is 25.1 Å². The maximum Gasteiger partial charge on any atom is 0.246 e. The number of aryl methyl sites for hydroxylation is 2. The van der Waals surface area contributed by atoms with Gasteiger partial charge in [0.15, 0.2) is 0 Å². The molecule has 2 aromatic rings. The average molecular weight is 394 g/mol. The van der Waals surface area contributed by atoms with E-state index in [9.17, 15) is 8.42 Å². The molecular formula is C18H26N4O4S. The Morgan fingerprint density at radius 2 is 1.81 bits per heavy atom. The Morgan fingerprint density at radius 1 is 1.11 bits per heavy atom. The topological polar surface area (TPSA) is 76.9 Å². The molecule has 0 radical (unpaired) electrons. The highest BCUT2D eigenvalue weighted by atomic mass is 32.2. The minimum atomic E-state index is -3.51. The minimum Gasteiger partial charge on any atom is -0.497 e. The molecular weight excluding hydrogens is 368 g/mol. The summed E-state index contributed by atoms with van der Waals surface area (Å²) in [6.07, 6.45) is 1.57. The highest BCUT2D eigenvalue weighted by Crippen LogP contribution is 2.26. The van der Waals surface area contributed by atoms with Crippen LogP contribution in [0.2, 0.25) is 0 Å². The lowest BCUT2D eigenvalue weighted by molar-refractivity contribution is 0.180. The van der Waals surface area contributed by atoms with Gasteiger partial charge >= 0.3 is 0 Å². The van der Waals surface area contributed by atoms with Crippen LogP contribution in [0.3, 0.4) is 0 Å². The zero-order valence-corrected chi connectivity index (χ0v) is 17.0. The van der Waals surface area contributed by atoms with E-state index in [2.05, 4.69) is 10.00 Å². The number of methoxy groups -OCH3 is 2. The largest absolute Gasteiger partial charge is 0.497 e. The van der Waals surface area contributed by atoms with Gasteiger partial charge in [0.2, 0.25) is 10.0 Å². The smallest absolute Gasteiger partial charge is 0.246 e. The van der Waals surface area contributed by atoms with E-state index in [0.29, 0.717) is 38.4 Å². The van der Waals surface area contributed by atoms with E-state index in [1.54, 1.807) is 34.4 Å². The number of sulfonamides is 1. The molecule has 1 aromatic carbocycles. The van der Waals surface area contributed by atoms with Gasteiger partial charge in [-0.3, -0.25) is 9.58 Å². The quantitative estimate of drug-likeness (QED) is 0.734. The van der Waals surface area contributed by atoms with E-state index in [4.69, 9.17) is 9.47 Å². The first-order valence-electron chi connectivity index (χ1n) is 8.79. The maximum atomic E-state index is 12.9. The SMILES string of the molecule is COc1ccc(OC)c(CN2CCN(S(=O)(=O)c3cn(C)nc3C)CC2)c1. The predicted octanol–water partition coefficient (Wildman–Crippen LogP) is 1.25. The Morgan fingerprint density at radius 3 is 2.37 bits per heavy atom. The van der Waals surface area contributed by atoms with Gasteiger partial charge in [-0.15, -0.1) is 0 Å². The van der Waals surface area contributed by atoms with Crippen molar-refractivity contribution in [1.82, 2.24) is 19.0 Å². The van der Waals surface area contributed by atoms with Gasteiger partial charge in [0, 0.05) is 51.5 Å². The van der Waals surface area contributed by atoms with Crippen LogP contribution in [0, 0.1) is 6.92 Å². The van der Waals surface area contributed by atoms with Crippen LogP contribution < -0.4 is 9.47 Å². The summed E-state index contributed by atoms with van der Waals surface area (Å²) in [6, 6.07) is 5.71. The first kappa shape index (κ1) is 19.7. The molecule has 1 aliphatic rings. The highest BCUT2D eigenvalue weighted by molar-refractivity contribution is 7.89. The number of piperazine rings is 1. The van der Waals surface area contributed by atoms with Crippen molar-refractivity contribution in [2.75, 3.05) is 40.4 Å². The molecule has 1 aromatic heterocycles. The predicted molar refractivity (Wildman–Crippen MR) is 102 cm³/mol. The molecule has 0 aliphatic carbocycles. The van der Waals surface area contributed by atoms with Crippen LogP contribution in [-0.4, -0.2) is 67.8 Å². The molecule has 27 heavy (non-hydrogen) atoms. The van der Waals surface area contributed by atoms with Crippen molar-refractivity contribution in [3.05, 3.63) is 35.7 Å². The zero-order valence-electron chi connectivity index (χ0n) is 16.2. The van der Waals surface area contributed by atoms with E-state index in [-0.39, 0.29) is 4.90 Å². The first-order chi connectivity index (χ1) is 12.8. The van der Waals surface area contributed by atoms with E-state index in [1.807, 2.05) is 18.2 Å². The molecule has 0 unspecified atom stereocenters. The summed E-state index contributed by atoms with van der Waals surface area (Å²) in [4.78, 5) is 2.51. The van der Waals surface area contributed by atoms with Gasteiger partial charge in [-0.25, -0.2) is 8.42 Å². The highest BCUT2D eigenvalue weighted by Gasteiger charge is 2.31. The van der Waals surface area contributed by atoms with Crippen molar-refractivity contribution in [3.63, 3.8) is 0 Å². The van der Waals surface area contributed by atoms with Crippen molar-refractivity contribution in [3.8, 4) is 11.5 Å². The number of benzene rings is 1. The Bertz CT molecular complexity index is 902. The molecule has 8 nitrogen and oxygen atoms in total. The molecule has 9 heteroatoms. The number of aromatic nitrogens is 2. The summed E-state index contributed by atoms with van der Waals surface area (Å²) in [5.74, 6) is 1.58. The van der Waals surface area contributed by atoms with Crippen LogP contribution in [0.4, 0.5) is 0 Å². The second kappa shape index (κ2) is 7.87. The summed E-state index contributed by atoms with van der Waals surface area (Å²) in [5, 5.41) is 4.15. The van der Waals surface area contributed by atoms with Crippen molar-refractivity contribution < 1.29 is 17.9 Å². The van der Waals surface area contributed by atoms with Gasteiger partial charge in [0.25, 0.3) is 0 Å².